The van der Waals surface area contributed by atoms with Gasteiger partial charge in [0.05, 0.1) is 22.7 Å². The highest BCUT2D eigenvalue weighted by Crippen LogP contribution is 2.28. The number of carbonyl (C=O) groups is 1. The number of nitro benzene ring substituents is 1. The van der Waals surface area contributed by atoms with Gasteiger partial charge in [-0.05, 0) is 30.2 Å². The number of fused-ring (bicyclic) bond motifs is 1. The van der Waals surface area contributed by atoms with Gasteiger partial charge in [0.1, 0.15) is 5.65 Å². The van der Waals surface area contributed by atoms with Gasteiger partial charge in [-0.2, -0.15) is 0 Å². The predicted molar refractivity (Wildman–Crippen MR) is 111 cm³/mol. The Morgan fingerprint density at radius 1 is 1.10 bits per heavy atom. The lowest BCUT2D eigenvalue weighted by Gasteiger charge is -2.09. The Morgan fingerprint density at radius 2 is 1.86 bits per heavy atom. The van der Waals surface area contributed by atoms with Crippen LogP contribution < -0.4 is 5.32 Å². The number of nitro groups is 1. The fraction of sp³-hybridized carbons (Fsp3) is 0.0909. The smallest absolute Gasteiger partial charge is 0.269 e. The summed E-state index contributed by atoms with van der Waals surface area (Å²) in [6.07, 6.45) is 3.99. The summed E-state index contributed by atoms with van der Waals surface area (Å²) >= 11 is 0. The van der Waals surface area contributed by atoms with Crippen LogP contribution in [0.1, 0.15) is 11.1 Å². The number of carbonyl (C=O) groups excluding carboxylic acids is 1. The second-order valence-corrected chi connectivity index (χ2v) is 6.74. The third-order valence-corrected chi connectivity index (χ3v) is 4.67. The van der Waals surface area contributed by atoms with Crippen molar-refractivity contribution in [3.05, 3.63) is 94.3 Å². The second kappa shape index (κ2) is 7.55. The summed E-state index contributed by atoms with van der Waals surface area (Å²) < 4.78 is 1.96. The maximum absolute atomic E-state index is 12.5. The second-order valence-electron chi connectivity index (χ2n) is 6.74. The van der Waals surface area contributed by atoms with Gasteiger partial charge in [0.25, 0.3) is 5.69 Å². The summed E-state index contributed by atoms with van der Waals surface area (Å²) in [5.41, 5.74) is 4.90. The van der Waals surface area contributed by atoms with E-state index in [4.69, 9.17) is 4.98 Å². The van der Waals surface area contributed by atoms with Crippen LogP contribution >= 0.6 is 0 Å². The quantitative estimate of drug-likeness (QED) is 0.407. The van der Waals surface area contributed by atoms with Crippen LogP contribution in [0.4, 0.5) is 11.4 Å². The number of amides is 1. The highest BCUT2D eigenvalue weighted by atomic mass is 16.6. The lowest BCUT2D eigenvalue weighted by atomic mass is 10.1. The Labute approximate surface area is 166 Å². The molecule has 0 aliphatic carbocycles. The van der Waals surface area contributed by atoms with Crippen molar-refractivity contribution in [3.63, 3.8) is 0 Å². The standard InChI is InChI=1S/C22H18N4O3/c1-15-5-4-12-25-14-20(24-22(15)25)18-6-2-3-7-19(18)23-21(27)13-16-8-10-17(11-9-16)26(28)29/h2-12,14H,13H2,1H3,(H,23,27). The number of hydrogen-bond donors (Lipinski definition) is 1. The average molecular weight is 386 g/mol. The summed E-state index contributed by atoms with van der Waals surface area (Å²) in [6, 6.07) is 17.5. The van der Waals surface area contributed by atoms with Crippen LogP contribution in [0.2, 0.25) is 0 Å². The van der Waals surface area contributed by atoms with Gasteiger partial charge in [0, 0.05) is 30.1 Å². The molecule has 0 atom stereocenters. The van der Waals surface area contributed by atoms with Crippen LogP contribution in [0.3, 0.4) is 0 Å². The molecule has 29 heavy (non-hydrogen) atoms. The molecule has 4 rings (SSSR count). The normalized spacial score (nSPS) is 10.8. The predicted octanol–water partition coefficient (Wildman–Crippen LogP) is 4.40. The molecule has 0 unspecified atom stereocenters. The van der Waals surface area contributed by atoms with Crippen molar-refractivity contribution < 1.29 is 9.72 Å². The molecule has 0 radical (unpaired) electrons. The molecular weight excluding hydrogens is 368 g/mol. The van der Waals surface area contributed by atoms with Crippen LogP contribution in [-0.2, 0) is 11.2 Å². The number of para-hydroxylation sites is 1. The van der Waals surface area contributed by atoms with Crippen molar-refractivity contribution >= 4 is 22.9 Å². The molecule has 7 heteroatoms. The average Bonchev–Trinajstić information content (AvgIpc) is 3.14. The largest absolute Gasteiger partial charge is 0.325 e. The van der Waals surface area contributed by atoms with Crippen LogP contribution in [0.15, 0.2) is 73.1 Å². The van der Waals surface area contributed by atoms with E-state index >= 15 is 0 Å². The number of aromatic nitrogens is 2. The molecule has 0 fully saturated rings. The van der Waals surface area contributed by atoms with E-state index < -0.39 is 4.92 Å². The van der Waals surface area contributed by atoms with E-state index in [1.807, 2.05) is 60.1 Å². The monoisotopic (exact) mass is 386 g/mol. The zero-order valence-corrected chi connectivity index (χ0v) is 15.7. The van der Waals surface area contributed by atoms with Gasteiger partial charge in [0.15, 0.2) is 0 Å². The fourth-order valence-corrected chi connectivity index (χ4v) is 3.21. The van der Waals surface area contributed by atoms with E-state index in [1.165, 1.54) is 12.1 Å². The minimum Gasteiger partial charge on any atom is -0.325 e. The summed E-state index contributed by atoms with van der Waals surface area (Å²) in [5, 5.41) is 13.7. The van der Waals surface area contributed by atoms with Crippen molar-refractivity contribution in [2.45, 2.75) is 13.3 Å². The minimum absolute atomic E-state index is 0.00152. The summed E-state index contributed by atoms with van der Waals surface area (Å²) in [4.78, 5) is 27.5. The molecule has 2 heterocycles. The highest BCUT2D eigenvalue weighted by molar-refractivity contribution is 5.96. The number of pyridine rings is 1. The Balaban J connectivity index is 1.57. The first-order chi connectivity index (χ1) is 14.0. The zero-order valence-electron chi connectivity index (χ0n) is 15.7. The van der Waals surface area contributed by atoms with Crippen LogP contribution in [-0.4, -0.2) is 20.2 Å². The van der Waals surface area contributed by atoms with E-state index in [0.717, 1.165) is 22.5 Å². The zero-order chi connectivity index (χ0) is 20.4. The van der Waals surface area contributed by atoms with Gasteiger partial charge in [0.2, 0.25) is 5.91 Å². The van der Waals surface area contributed by atoms with Crippen LogP contribution in [0.25, 0.3) is 16.9 Å². The number of imidazole rings is 1. The molecule has 1 amide bonds. The number of hydrogen-bond acceptors (Lipinski definition) is 4. The number of nitrogens with one attached hydrogen (secondary N) is 1. The first-order valence-electron chi connectivity index (χ1n) is 9.08. The van der Waals surface area contributed by atoms with Gasteiger partial charge in [-0.3, -0.25) is 14.9 Å². The molecule has 2 aromatic heterocycles. The van der Waals surface area contributed by atoms with Gasteiger partial charge in [-0.1, -0.05) is 36.4 Å². The third kappa shape index (κ3) is 3.84. The first kappa shape index (κ1) is 18.4. The van der Waals surface area contributed by atoms with Crippen molar-refractivity contribution in [2.75, 3.05) is 5.32 Å². The van der Waals surface area contributed by atoms with Crippen LogP contribution in [0, 0.1) is 17.0 Å². The van der Waals surface area contributed by atoms with Crippen molar-refractivity contribution in [1.29, 1.82) is 0 Å². The summed E-state index contributed by atoms with van der Waals surface area (Å²) in [6.45, 7) is 2.00. The Bertz CT molecular complexity index is 1210. The maximum Gasteiger partial charge on any atom is 0.269 e. The van der Waals surface area contributed by atoms with Crippen molar-refractivity contribution in [3.8, 4) is 11.3 Å². The van der Waals surface area contributed by atoms with E-state index in [-0.39, 0.29) is 18.0 Å². The molecule has 0 spiro atoms. The summed E-state index contributed by atoms with van der Waals surface area (Å²) in [7, 11) is 0. The lowest BCUT2D eigenvalue weighted by Crippen LogP contribution is -2.15. The summed E-state index contributed by atoms with van der Waals surface area (Å²) in [5.74, 6) is -0.203. The highest BCUT2D eigenvalue weighted by Gasteiger charge is 2.13. The molecule has 0 saturated heterocycles. The molecule has 144 valence electrons. The number of non-ortho nitro benzene ring substituents is 1. The molecule has 7 nitrogen and oxygen atoms in total. The molecular formula is C22H18N4O3. The van der Waals surface area contributed by atoms with E-state index in [2.05, 4.69) is 5.32 Å². The molecule has 4 aromatic rings. The number of rotatable bonds is 5. The van der Waals surface area contributed by atoms with Crippen LogP contribution in [0.5, 0.6) is 0 Å². The van der Waals surface area contributed by atoms with E-state index in [0.29, 0.717) is 11.3 Å². The third-order valence-electron chi connectivity index (χ3n) is 4.67. The molecule has 0 saturated carbocycles. The van der Waals surface area contributed by atoms with Crippen molar-refractivity contribution in [2.24, 2.45) is 0 Å². The SMILES string of the molecule is Cc1cccn2cc(-c3ccccc3NC(=O)Cc3ccc([N+](=O)[O-])cc3)nc12. The Kier molecular flexibility index (Phi) is 4.78. The molecule has 1 N–H and O–H groups in total. The van der Waals surface area contributed by atoms with E-state index in [1.54, 1.807) is 12.1 Å². The number of aryl methyl sites for hydroxylation is 1. The van der Waals surface area contributed by atoms with Gasteiger partial charge in [-0.25, -0.2) is 4.98 Å². The Hall–Kier alpha value is -4.00. The molecule has 0 aliphatic heterocycles. The number of nitrogens with zero attached hydrogens (tertiary/aromatic N) is 3. The topological polar surface area (TPSA) is 89.5 Å². The minimum atomic E-state index is -0.462. The first-order valence-corrected chi connectivity index (χ1v) is 9.08. The van der Waals surface area contributed by atoms with E-state index in [9.17, 15) is 14.9 Å². The number of anilines is 1. The van der Waals surface area contributed by atoms with Gasteiger partial charge < -0.3 is 9.72 Å². The molecule has 0 aliphatic rings. The molecule has 2 aromatic carbocycles. The lowest BCUT2D eigenvalue weighted by molar-refractivity contribution is -0.384. The Morgan fingerprint density at radius 3 is 2.59 bits per heavy atom. The van der Waals surface area contributed by atoms with Gasteiger partial charge >= 0.3 is 0 Å². The van der Waals surface area contributed by atoms with Crippen molar-refractivity contribution in [1.82, 2.24) is 9.38 Å². The van der Waals surface area contributed by atoms with Gasteiger partial charge in [-0.15, -0.1) is 0 Å². The fourth-order valence-electron chi connectivity index (χ4n) is 3.21. The maximum atomic E-state index is 12.5. The molecule has 0 bridgehead atoms. The number of benzene rings is 2.